The van der Waals surface area contributed by atoms with E-state index >= 15 is 0 Å². The van der Waals surface area contributed by atoms with Gasteiger partial charge >= 0.3 is 0 Å². The first-order chi connectivity index (χ1) is 12.8. The largest absolute Gasteiger partial charge is 0.370 e. The molecule has 3 rings (SSSR count). The molecule has 0 bridgehead atoms. The molecule has 0 radical (unpaired) electrons. The van der Waals surface area contributed by atoms with E-state index in [1.54, 1.807) is 0 Å². The van der Waals surface area contributed by atoms with Crippen molar-refractivity contribution < 1.29 is 0 Å². The molecular formula is C24H31ClN2. The molecule has 1 aromatic heterocycles. The van der Waals surface area contributed by atoms with E-state index < -0.39 is 0 Å². The monoisotopic (exact) mass is 382 g/mol. The standard InChI is InChI=1S/C24H31ClN2/c1-18(23-7-5-6-14-26-23)27-15-12-19(13-16-27)8-9-20-10-11-21(25)17-22(20)24(2,3)4/h5-7,10-11,14,17,19H,1,8-9,12-13,15-16H2,2-4H3. The second kappa shape index (κ2) is 8.48. The van der Waals surface area contributed by atoms with Gasteiger partial charge in [0.1, 0.15) is 0 Å². The van der Waals surface area contributed by atoms with Crippen LogP contribution >= 0.6 is 11.6 Å². The SMILES string of the molecule is C=C(c1ccccn1)N1CCC(CCc2ccc(Cl)cc2C(C)(C)C)CC1. The Hall–Kier alpha value is -1.80. The summed E-state index contributed by atoms with van der Waals surface area (Å²) in [4.78, 5) is 6.83. The van der Waals surface area contributed by atoms with Crippen molar-refractivity contribution in [3.05, 3.63) is 71.0 Å². The average Bonchev–Trinajstić information content (AvgIpc) is 2.67. The Morgan fingerprint density at radius 3 is 2.56 bits per heavy atom. The Balaban J connectivity index is 1.56. The number of hydrogen-bond acceptors (Lipinski definition) is 2. The number of benzene rings is 1. The minimum atomic E-state index is 0.129. The Bertz CT molecular complexity index is 769. The molecule has 2 heterocycles. The van der Waals surface area contributed by atoms with Gasteiger partial charge in [0.05, 0.1) is 11.4 Å². The maximum atomic E-state index is 6.25. The van der Waals surface area contributed by atoms with Crippen molar-refractivity contribution in [2.45, 2.75) is 51.9 Å². The van der Waals surface area contributed by atoms with Crippen molar-refractivity contribution >= 4 is 17.3 Å². The molecule has 3 heteroatoms. The summed E-state index contributed by atoms with van der Waals surface area (Å²) in [5.41, 5.74) is 5.02. The second-order valence-electron chi connectivity index (χ2n) is 8.68. The van der Waals surface area contributed by atoms with Crippen molar-refractivity contribution in [3.8, 4) is 0 Å². The molecule has 0 amide bonds. The zero-order chi connectivity index (χ0) is 19.4. The predicted octanol–water partition coefficient (Wildman–Crippen LogP) is 6.35. The van der Waals surface area contributed by atoms with Gasteiger partial charge in [-0.3, -0.25) is 4.98 Å². The lowest BCUT2D eigenvalue weighted by atomic mass is 9.81. The lowest BCUT2D eigenvalue weighted by molar-refractivity contribution is 0.245. The molecule has 1 saturated heterocycles. The molecule has 2 nitrogen and oxygen atoms in total. The van der Waals surface area contributed by atoms with Crippen LogP contribution in [0.25, 0.3) is 5.70 Å². The number of piperidine rings is 1. The highest BCUT2D eigenvalue weighted by molar-refractivity contribution is 6.30. The smallest absolute Gasteiger partial charge is 0.0856 e. The van der Waals surface area contributed by atoms with Crippen LogP contribution < -0.4 is 0 Å². The molecule has 0 unspecified atom stereocenters. The number of aromatic nitrogens is 1. The molecule has 1 aromatic carbocycles. The normalized spacial score (nSPS) is 15.8. The van der Waals surface area contributed by atoms with Crippen molar-refractivity contribution in [3.63, 3.8) is 0 Å². The van der Waals surface area contributed by atoms with Crippen LogP contribution in [0, 0.1) is 5.92 Å². The van der Waals surface area contributed by atoms with Crippen molar-refractivity contribution in [1.82, 2.24) is 9.88 Å². The molecule has 0 aliphatic carbocycles. The van der Waals surface area contributed by atoms with Crippen LogP contribution in [-0.4, -0.2) is 23.0 Å². The van der Waals surface area contributed by atoms with Crippen LogP contribution in [0.3, 0.4) is 0 Å². The Labute approximate surface area is 169 Å². The highest BCUT2D eigenvalue weighted by Crippen LogP contribution is 2.32. The fourth-order valence-corrected chi connectivity index (χ4v) is 4.18. The van der Waals surface area contributed by atoms with E-state index in [-0.39, 0.29) is 5.41 Å². The van der Waals surface area contributed by atoms with Crippen LogP contribution in [0.4, 0.5) is 0 Å². The number of halogens is 1. The maximum absolute atomic E-state index is 6.25. The summed E-state index contributed by atoms with van der Waals surface area (Å²) in [5, 5.41) is 0.838. The summed E-state index contributed by atoms with van der Waals surface area (Å²) in [6.45, 7) is 13.2. The lowest BCUT2D eigenvalue weighted by Crippen LogP contribution is -2.32. The fourth-order valence-electron chi connectivity index (χ4n) is 4.01. The van der Waals surface area contributed by atoms with Gasteiger partial charge in [0.25, 0.3) is 0 Å². The Kier molecular flexibility index (Phi) is 6.26. The van der Waals surface area contributed by atoms with Crippen LogP contribution in [0.15, 0.2) is 49.2 Å². The zero-order valence-corrected chi connectivity index (χ0v) is 17.6. The third-order valence-corrected chi connectivity index (χ3v) is 5.89. The number of hydrogen-bond donors (Lipinski definition) is 0. The summed E-state index contributed by atoms with van der Waals surface area (Å²) >= 11 is 6.25. The molecule has 27 heavy (non-hydrogen) atoms. The van der Waals surface area contributed by atoms with Gasteiger partial charge in [-0.05, 0) is 72.4 Å². The first kappa shape index (κ1) is 19.9. The summed E-state index contributed by atoms with van der Waals surface area (Å²) in [5.74, 6) is 0.779. The summed E-state index contributed by atoms with van der Waals surface area (Å²) < 4.78 is 0. The predicted molar refractivity (Wildman–Crippen MR) is 116 cm³/mol. The summed E-state index contributed by atoms with van der Waals surface area (Å²) in [6.07, 6.45) is 6.67. The second-order valence-corrected chi connectivity index (χ2v) is 9.12. The lowest BCUT2D eigenvalue weighted by Gasteiger charge is -2.34. The van der Waals surface area contributed by atoms with E-state index in [0.29, 0.717) is 0 Å². The minimum Gasteiger partial charge on any atom is -0.370 e. The van der Waals surface area contributed by atoms with Gasteiger partial charge in [0.15, 0.2) is 0 Å². The third kappa shape index (κ3) is 5.13. The Morgan fingerprint density at radius 1 is 1.19 bits per heavy atom. The van der Waals surface area contributed by atoms with Crippen molar-refractivity contribution in [2.24, 2.45) is 5.92 Å². The fraction of sp³-hybridized carbons (Fsp3) is 0.458. The molecule has 0 spiro atoms. The van der Waals surface area contributed by atoms with Crippen LogP contribution in [0.2, 0.25) is 5.02 Å². The zero-order valence-electron chi connectivity index (χ0n) is 16.8. The maximum Gasteiger partial charge on any atom is 0.0856 e. The van der Waals surface area contributed by atoms with E-state index in [2.05, 4.69) is 49.4 Å². The average molecular weight is 383 g/mol. The molecule has 0 saturated carbocycles. The van der Waals surface area contributed by atoms with Crippen molar-refractivity contribution in [1.29, 1.82) is 0 Å². The molecule has 1 aliphatic rings. The van der Waals surface area contributed by atoms with Crippen molar-refractivity contribution in [2.75, 3.05) is 13.1 Å². The molecule has 0 N–H and O–H groups in total. The quantitative estimate of drug-likeness (QED) is 0.599. The van der Waals surface area contributed by atoms with Gasteiger partial charge in [-0.25, -0.2) is 0 Å². The molecule has 144 valence electrons. The van der Waals surface area contributed by atoms with E-state index in [1.165, 1.54) is 30.4 Å². The Morgan fingerprint density at radius 2 is 1.93 bits per heavy atom. The van der Waals surface area contributed by atoms with Gasteiger partial charge in [-0.1, -0.05) is 51.1 Å². The number of aryl methyl sites for hydroxylation is 1. The molecule has 0 atom stereocenters. The van der Waals surface area contributed by atoms with Crippen LogP contribution in [0.1, 0.15) is 56.9 Å². The molecule has 2 aromatic rings. The number of rotatable bonds is 5. The minimum absolute atomic E-state index is 0.129. The first-order valence-corrected chi connectivity index (χ1v) is 10.4. The highest BCUT2D eigenvalue weighted by atomic mass is 35.5. The van der Waals surface area contributed by atoms with E-state index in [9.17, 15) is 0 Å². The van der Waals surface area contributed by atoms with E-state index in [0.717, 1.165) is 41.8 Å². The van der Waals surface area contributed by atoms with Gasteiger partial charge in [0, 0.05) is 24.3 Å². The highest BCUT2D eigenvalue weighted by Gasteiger charge is 2.23. The van der Waals surface area contributed by atoms with Gasteiger partial charge in [0.2, 0.25) is 0 Å². The number of pyridine rings is 1. The first-order valence-electron chi connectivity index (χ1n) is 9.99. The summed E-state index contributed by atoms with van der Waals surface area (Å²) in [6, 6.07) is 12.4. The molecule has 1 fully saturated rings. The van der Waals surface area contributed by atoms with E-state index in [4.69, 9.17) is 11.6 Å². The number of nitrogens with zero attached hydrogens (tertiary/aromatic N) is 2. The van der Waals surface area contributed by atoms with Crippen LogP contribution in [-0.2, 0) is 11.8 Å². The topological polar surface area (TPSA) is 16.1 Å². The third-order valence-electron chi connectivity index (χ3n) is 5.66. The molecular weight excluding hydrogens is 352 g/mol. The van der Waals surface area contributed by atoms with Gasteiger partial charge in [-0.15, -0.1) is 0 Å². The van der Waals surface area contributed by atoms with Crippen LogP contribution in [0.5, 0.6) is 0 Å². The van der Waals surface area contributed by atoms with E-state index in [1.807, 2.05) is 30.5 Å². The molecule has 1 aliphatic heterocycles. The summed E-state index contributed by atoms with van der Waals surface area (Å²) in [7, 11) is 0. The van der Waals surface area contributed by atoms with Gasteiger partial charge in [-0.2, -0.15) is 0 Å². The number of likely N-dealkylation sites (tertiary alicyclic amines) is 1. The van der Waals surface area contributed by atoms with Gasteiger partial charge < -0.3 is 4.90 Å².